The van der Waals surface area contributed by atoms with Gasteiger partial charge in [-0.3, -0.25) is 14.5 Å². The third-order valence-electron chi connectivity index (χ3n) is 6.25. The molecule has 0 radical (unpaired) electrons. The van der Waals surface area contributed by atoms with Gasteiger partial charge in [-0.25, -0.2) is 0 Å². The molecule has 29 heavy (non-hydrogen) atoms. The standard InChI is InChI=1S/C22H24ClN5O/c1-15-5-8-26(21(29)7-9-27-13-17(23)12-25-27)14-20(15)28-10-6-16-11-24-19-4-2-3-18(19)22(16)28/h2-3,6,10-13,15,20H,4-5,7-9,14H2,1H3/t15-,20+/m1/s1. The number of aromatic nitrogens is 4. The summed E-state index contributed by atoms with van der Waals surface area (Å²) in [5.41, 5.74) is 3.63. The van der Waals surface area contributed by atoms with Gasteiger partial charge in [-0.1, -0.05) is 30.7 Å². The lowest BCUT2D eigenvalue weighted by molar-refractivity contribution is -0.133. The monoisotopic (exact) mass is 409 g/mol. The van der Waals surface area contributed by atoms with Crippen LogP contribution in [0.5, 0.6) is 0 Å². The topological polar surface area (TPSA) is 56.0 Å². The highest BCUT2D eigenvalue weighted by Gasteiger charge is 2.31. The van der Waals surface area contributed by atoms with Crippen molar-refractivity contribution in [3.8, 4) is 0 Å². The third kappa shape index (κ3) is 3.35. The quantitative estimate of drug-likeness (QED) is 0.655. The van der Waals surface area contributed by atoms with Crippen molar-refractivity contribution in [2.45, 2.75) is 38.8 Å². The average molecular weight is 410 g/mol. The van der Waals surface area contributed by atoms with E-state index in [-0.39, 0.29) is 11.9 Å². The number of amides is 1. The molecule has 1 aliphatic heterocycles. The largest absolute Gasteiger partial charge is 0.342 e. The van der Waals surface area contributed by atoms with E-state index < -0.39 is 0 Å². The summed E-state index contributed by atoms with van der Waals surface area (Å²) in [4.78, 5) is 19.5. The molecule has 150 valence electrons. The van der Waals surface area contributed by atoms with Crippen molar-refractivity contribution < 1.29 is 4.79 Å². The van der Waals surface area contributed by atoms with Crippen molar-refractivity contribution in [1.29, 1.82) is 0 Å². The molecule has 5 rings (SSSR count). The number of allylic oxidation sites excluding steroid dienone is 1. The predicted octanol–water partition coefficient (Wildman–Crippen LogP) is 3.96. The number of likely N-dealkylation sites (tertiary alicyclic amines) is 1. The van der Waals surface area contributed by atoms with Crippen LogP contribution in [0, 0.1) is 5.92 Å². The second-order valence-electron chi connectivity index (χ2n) is 8.10. The Hall–Kier alpha value is -2.60. The number of carbonyl (C=O) groups excluding carboxylic acids is 1. The minimum atomic E-state index is 0.178. The van der Waals surface area contributed by atoms with Crippen LogP contribution in [0.25, 0.3) is 17.0 Å². The first-order chi connectivity index (χ1) is 14.1. The van der Waals surface area contributed by atoms with Crippen LogP contribution in [0.15, 0.2) is 36.9 Å². The molecule has 0 bridgehead atoms. The Morgan fingerprint density at radius 2 is 2.24 bits per heavy atom. The van der Waals surface area contributed by atoms with E-state index in [2.05, 4.69) is 46.0 Å². The highest BCUT2D eigenvalue weighted by atomic mass is 35.5. The number of hydrogen-bond donors (Lipinski definition) is 0. The zero-order chi connectivity index (χ0) is 20.0. The van der Waals surface area contributed by atoms with E-state index >= 15 is 0 Å². The molecular formula is C22H24ClN5O. The molecule has 0 spiro atoms. The zero-order valence-corrected chi connectivity index (χ0v) is 17.2. The number of halogens is 1. The van der Waals surface area contributed by atoms with Crippen molar-refractivity contribution in [2.24, 2.45) is 5.92 Å². The summed E-state index contributed by atoms with van der Waals surface area (Å²) in [7, 11) is 0. The van der Waals surface area contributed by atoms with Gasteiger partial charge in [0.25, 0.3) is 0 Å². The van der Waals surface area contributed by atoms with Gasteiger partial charge in [0.05, 0.1) is 28.5 Å². The van der Waals surface area contributed by atoms with Gasteiger partial charge in [-0.2, -0.15) is 5.10 Å². The minimum absolute atomic E-state index is 0.178. The molecule has 1 saturated heterocycles. The first kappa shape index (κ1) is 18.4. The second-order valence-corrected chi connectivity index (χ2v) is 8.53. The fourth-order valence-electron chi connectivity index (χ4n) is 4.58. The smallest absolute Gasteiger partial charge is 0.224 e. The summed E-state index contributed by atoms with van der Waals surface area (Å²) in [6, 6.07) is 2.41. The number of fused-ring (bicyclic) bond motifs is 3. The number of aryl methyl sites for hydroxylation is 1. The lowest BCUT2D eigenvalue weighted by atomic mass is 9.92. The second kappa shape index (κ2) is 7.34. The molecule has 3 aromatic heterocycles. The number of carbonyl (C=O) groups is 1. The molecular weight excluding hydrogens is 386 g/mol. The summed E-state index contributed by atoms with van der Waals surface area (Å²) in [5.74, 6) is 0.686. The molecule has 0 saturated carbocycles. The molecule has 1 amide bonds. The molecule has 0 aromatic carbocycles. The Bertz CT molecular complexity index is 1100. The van der Waals surface area contributed by atoms with Gasteiger partial charge in [0, 0.05) is 62.0 Å². The van der Waals surface area contributed by atoms with Crippen molar-refractivity contribution >= 4 is 34.5 Å². The molecule has 1 aliphatic carbocycles. The fourth-order valence-corrected chi connectivity index (χ4v) is 4.74. The fraction of sp³-hybridized carbons (Fsp3) is 0.409. The maximum absolute atomic E-state index is 12.9. The molecule has 1 fully saturated rings. The van der Waals surface area contributed by atoms with Gasteiger partial charge in [0.15, 0.2) is 0 Å². The zero-order valence-electron chi connectivity index (χ0n) is 16.5. The number of nitrogens with zero attached hydrogens (tertiary/aromatic N) is 5. The van der Waals surface area contributed by atoms with Crippen LogP contribution in [0.2, 0.25) is 5.02 Å². The van der Waals surface area contributed by atoms with Gasteiger partial charge in [-0.15, -0.1) is 0 Å². The van der Waals surface area contributed by atoms with E-state index in [1.807, 2.05) is 11.1 Å². The maximum atomic E-state index is 12.9. The van der Waals surface area contributed by atoms with Crippen LogP contribution >= 0.6 is 11.6 Å². The molecule has 3 aromatic rings. The van der Waals surface area contributed by atoms with E-state index in [1.54, 1.807) is 17.1 Å². The highest BCUT2D eigenvalue weighted by molar-refractivity contribution is 6.30. The molecule has 4 heterocycles. The van der Waals surface area contributed by atoms with E-state index in [1.165, 1.54) is 16.5 Å². The van der Waals surface area contributed by atoms with Crippen LogP contribution in [0.4, 0.5) is 0 Å². The van der Waals surface area contributed by atoms with E-state index in [0.29, 0.717) is 23.9 Å². The Balaban J connectivity index is 1.37. The highest BCUT2D eigenvalue weighted by Crippen LogP contribution is 2.35. The van der Waals surface area contributed by atoms with Crippen molar-refractivity contribution in [2.75, 3.05) is 13.1 Å². The van der Waals surface area contributed by atoms with E-state index in [4.69, 9.17) is 11.6 Å². The molecule has 0 N–H and O–H groups in total. The number of pyridine rings is 1. The normalized spacial score (nSPS) is 21.1. The van der Waals surface area contributed by atoms with Crippen LogP contribution in [-0.2, 0) is 17.8 Å². The summed E-state index contributed by atoms with van der Waals surface area (Å²) >= 11 is 5.91. The molecule has 7 heteroatoms. The van der Waals surface area contributed by atoms with Crippen molar-refractivity contribution in [1.82, 2.24) is 24.2 Å². The van der Waals surface area contributed by atoms with Gasteiger partial charge in [0.1, 0.15) is 0 Å². The van der Waals surface area contributed by atoms with E-state index in [0.717, 1.165) is 31.6 Å². The molecule has 6 nitrogen and oxygen atoms in total. The minimum Gasteiger partial charge on any atom is -0.342 e. The average Bonchev–Trinajstić information content (AvgIpc) is 3.45. The molecule has 2 atom stereocenters. The van der Waals surface area contributed by atoms with Crippen LogP contribution in [0.1, 0.15) is 37.1 Å². The van der Waals surface area contributed by atoms with Crippen molar-refractivity contribution in [3.05, 3.63) is 53.2 Å². The Morgan fingerprint density at radius 1 is 1.34 bits per heavy atom. The van der Waals surface area contributed by atoms with Gasteiger partial charge in [0.2, 0.25) is 5.91 Å². The summed E-state index contributed by atoms with van der Waals surface area (Å²) < 4.78 is 4.11. The van der Waals surface area contributed by atoms with Crippen LogP contribution in [0.3, 0.4) is 0 Å². The SMILES string of the molecule is C[C@@H]1CCN(C(=O)CCn2cc(Cl)cn2)C[C@@H]1n1ccc2cnc3c(c21)C=CC3. The van der Waals surface area contributed by atoms with Gasteiger partial charge in [-0.05, 0) is 18.4 Å². The summed E-state index contributed by atoms with van der Waals surface area (Å²) in [6.07, 6.45) is 14.2. The number of hydrogen-bond acceptors (Lipinski definition) is 3. The van der Waals surface area contributed by atoms with Gasteiger partial charge >= 0.3 is 0 Å². The maximum Gasteiger partial charge on any atom is 0.224 e. The van der Waals surface area contributed by atoms with Crippen LogP contribution in [-0.4, -0.2) is 43.2 Å². The van der Waals surface area contributed by atoms with Crippen molar-refractivity contribution in [3.63, 3.8) is 0 Å². The lowest BCUT2D eigenvalue weighted by Crippen LogP contribution is -2.44. The summed E-state index contributed by atoms with van der Waals surface area (Å²) in [6.45, 7) is 4.40. The summed E-state index contributed by atoms with van der Waals surface area (Å²) in [5, 5.41) is 5.93. The first-order valence-corrected chi connectivity index (χ1v) is 10.6. The Labute approximate surface area is 174 Å². The number of piperidine rings is 1. The van der Waals surface area contributed by atoms with Gasteiger partial charge < -0.3 is 9.47 Å². The molecule has 0 unspecified atom stereocenters. The molecule has 2 aliphatic rings. The first-order valence-electron chi connectivity index (χ1n) is 10.2. The third-order valence-corrected chi connectivity index (χ3v) is 6.45. The van der Waals surface area contributed by atoms with Crippen LogP contribution < -0.4 is 0 Å². The Kier molecular flexibility index (Phi) is 4.66. The number of rotatable bonds is 4. The van der Waals surface area contributed by atoms with E-state index in [9.17, 15) is 4.79 Å². The predicted molar refractivity (Wildman–Crippen MR) is 114 cm³/mol. The Morgan fingerprint density at radius 3 is 3.07 bits per heavy atom. The lowest BCUT2D eigenvalue weighted by Gasteiger charge is -2.38.